The van der Waals surface area contributed by atoms with Gasteiger partial charge in [0.2, 0.25) is 11.8 Å². The van der Waals surface area contributed by atoms with Gasteiger partial charge in [-0.1, -0.05) is 51.5 Å². The number of aliphatic imine (C=N–C) groups is 2. The first-order valence-electron chi connectivity index (χ1n) is 27.2. The third kappa shape index (κ3) is 12.9. The van der Waals surface area contributed by atoms with E-state index in [0.29, 0.717) is 103 Å². The van der Waals surface area contributed by atoms with E-state index in [0.717, 1.165) is 27.8 Å². The van der Waals surface area contributed by atoms with Crippen molar-refractivity contribution in [1.29, 1.82) is 0 Å². The molecule has 4 aromatic rings. The van der Waals surface area contributed by atoms with Gasteiger partial charge in [-0.15, -0.1) is 0 Å². The minimum atomic E-state index is -0.760. The van der Waals surface area contributed by atoms with E-state index in [-0.39, 0.29) is 78.7 Å². The number of rotatable bonds is 23. The second-order valence-electron chi connectivity index (χ2n) is 21.0. The van der Waals surface area contributed by atoms with Crippen LogP contribution in [0, 0.1) is 18.8 Å². The zero-order chi connectivity index (χ0) is 57.5. The fraction of sp³-hybridized carbons (Fsp3) is 0.355. The Labute approximate surface area is 469 Å². The van der Waals surface area contributed by atoms with E-state index in [9.17, 15) is 38.4 Å². The molecular formula is C62H65N7O12. The summed E-state index contributed by atoms with van der Waals surface area (Å²) in [7, 11) is 2.85. The lowest BCUT2D eigenvalue weighted by Gasteiger charge is -2.23. The number of aryl methyl sites for hydroxylation is 1. The molecule has 5 aliphatic heterocycles. The van der Waals surface area contributed by atoms with Crippen molar-refractivity contribution < 1.29 is 57.3 Å². The normalized spacial score (nSPS) is 17.6. The van der Waals surface area contributed by atoms with Crippen molar-refractivity contribution in [2.24, 2.45) is 21.8 Å². The Balaban J connectivity index is 0.732. The summed E-state index contributed by atoms with van der Waals surface area (Å²) in [6, 6.07) is 20.0. The maximum absolute atomic E-state index is 14.1. The Morgan fingerprint density at radius 1 is 0.679 bits per heavy atom. The number of esters is 1. The average Bonchev–Trinajstić information content (AvgIpc) is 4.37. The molecular weight excluding hydrogens is 1030 g/mol. The molecule has 19 nitrogen and oxygen atoms in total. The van der Waals surface area contributed by atoms with E-state index in [1.54, 1.807) is 77.7 Å². The summed E-state index contributed by atoms with van der Waals surface area (Å²) in [5.41, 5.74) is 7.20. The standard InChI is InChI=1S/C62H65N7O12/c1-36(2)58(66-55(71)11-8-7-9-22-67-56(72)20-21-57(67)73)51(70)26-38(4)59(74)65-44-18-16-40(17-19-44)43-28-46-33-64-50-31-54(53(78-5)29-48(50)61(76)69(46)35-43)81-24-10-23-80-52-30-49-47(25-37(52)3)60(75)68-34-42(27-45(68)32-63-49)39-12-14-41(15-13-39)62(77)79-6/h12-21,25,29-36,38,45-46,58H,7-11,22-24,26-28H2,1-6H3,(H,65,74)(H,66,71)/t38?,45-,46-,58-/m0/s1. The predicted molar refractivity (Wildman–Crippen MR) is 304 cm³/mol. The first-order chi connectivity index (χ1) is 39.0. The molecule has 0 spiro atoms. The Hall–Kier alpha value is -9.00. The number of amides is 6. The minimum Gasteiger partial charge on any atom is -0.493 e. The van der Waals surface area contributed by atoms with Gasteiger partial charge in [0.05, 0.1) is 73.6 Å². The first-order valence-corrected chi connectivity index (χ1v) is 27.2. The molecule has 0 saturated heterocycles. The molecule has 6 amide bonds. The summed E-state index contributed by atoms with van der Waals surface area (Å²) in [6.07, 6.45) is 13.1. The third-order valence-electron chi connectivity index (χ3n) is 14.9. The molecule has 2 N–H and O–H groups in total. The summed E-state index contributed by atoms with van der Waals surface area (Å²) in [6.45, 7) is 8.10. The van der Waals surface area contributed by atoms with Gasteiger partial charge in [-0.25, -0.2) is 4.79 Å². The van der Waals surface area contributed by atoms with Crippen LogP contribution in [0.2, 0.25) is 0 Å². The molecule has 0 radical (unpaired) electrons. The van der Waals surface area contributed by atoms with Gasteiger partial charge in [0.25, 0.3) is 23.6 Å². The molecule has 81 heavy (non-hydrogen) atoms. The summed E-state index contributed by atoms with van der Waals surface area (Å²) >= 11 is 0. The number of methoxy groups -OCH3 is 2. The molecule has 9 rings (SSSR count). The number of carbonyl (C=O) groups is 8. The van der Waals surface area contributed by atoms with Gasteiger partial charge in [0.1, 0.15) is 5.75 Å². The Bertz CT molecular complexity index is 3310. The number of unbranched alkanes of at least 4 members (excludes halogenated alkanes) is 2. The number of Topliss-reactive ketones (excluding diaryl/α,β-unsaturated/α-hetero) is 1. The van der Waals surface area contributed by atoms with Crippen LogP contribution in [0.3, 0.4) is 0 Å². The second-order valence-corrected chi connectivity index (χ2v) is 21.0. The average molecular weight is 1100 g/mol. The number of ether oxygens (including phenoxy) is 4. The van der Waals surface area contributed by atoms with Crippen LogP contribution < -0.4 is 24.8 Å². The zero-order valence-corrected chi connectivity index (χ0v) is 46.2. The first kappa shape index (κ1) is 56.7. The monoisotopic (exact) mass is 1100 g/mol. The highest BCUT2D eigenvalue weighted by Crippen LogP contribution is 2.41. The number of ketones is 1. The van der Waals surface area contributed by atoms with E-state index in [1.165, 1.54) is 31.3 Å². The van der Waals surface area contributed by atoms with Crippen LogP contribution in [-0.4, -0.2) is 126 Å². The maximum Gasteiger partial charge on any atom is 0.337 e. The molecule has 5 aliphatic rings. The molecule has 4 atom stereocenters. The van der Waals surface area contributed by atoms with E-state index in [1.807, 2.05) is 57.4 Å². The minimum absolute atomic E-state index is 0.0693. The Morgan fingerprint density at radius 2 is 1.25 bits per heavy atom. The third-order valence-corrected chi connectivity index (χ3v) is 14.9. The van der Waals surface area contributed by atoms with Crippen LogP contribution in [0.15, 0.2) is 107 Å². The van der Waals surface area contributed by atoms with Crippen molar-refractivity contribution >= 4 is 87.8 Å². The topological polar surface area (TPSA) is 232 Å². The summed E-state index contributed by atoms with van der Waals surface area (Å²) in [5, 5.41) is 5.74. The molecule has 4 aromatic carbocycles. The number of fused-ring (bicyclic) bond motifs is 4. The molecule has 0 fully saturated rings. The van der Waals surface area contributed by atoms with Gasteiger partial charge >= 0.3 is 5.97 Å². The number of carbonyl (C=O) groups excluding carboxylic acids is 8. The van der Waals surface area contributed by atoms with Crippen molar-refractivity contribution in [3.63, 3.8) is 0 Å². The quantitative estimate of drug-likeness (QED) is 0.0403. The summed E-state index contributed by atoms with van der Waals surface area (Å²) < 4.78 is 22.9. The van der Waals surface area contributed by atoms with Gasteiger partial charge in [0, 0.05) is 99.4 Å². The molecule has 0 aromatic heterocycles. The molecule has 0 bridgehead atoms. The van der Waals surface area contributed by atoms with E-state index in [4.69, 9.17) is 28.9 Å². The molecule has 19 heteroatoms. The fourth-order valence-electron chi connectivity index (χ4n) is 10.3. The zero-order valence-electron chi connectivity index (χ0n) is 46.2. The molecule has 5 heterocycles. The summed E-state index contributed by atoms with van der Waals surface area (Å²) in [5.74, 6) is -1.83. The van der Waals surface area contributed by atoms with Crippen LogP contribution >= 0.6 is 0 Å². The van der Waals surface area contributed by atoms with Gasteiger partial charge in [-0.3, -0.25) is 48.4 Å². The van der Waals surface area contributed by atoms with Crippen molar-refractivity contribution in [2.45, 2.75) is 97.2 Å². The smallest absolute Gasteiger partial charge is 0.337 e. The lowest BCUT2D eigenvalue weighted by Crippen LogP contribution is -2.45. The molecule has 0 aliphatic carbocycles. The van der Waals surface area contributed by atoms with E-state index < -0.39 is 17.9 Å². The van der Waals surface area contributed by atoms with Gasteiger partial charge in [-0.2, -0.15) is 0 Å². The van der Waals surface area contributed by atoms with Crippen molar-refractivity contribution in [1.82, 2.24) is 20.0 Å². The number of hydrogen-bond donors (Lipinski definition) is 2. The van der Waals surface area contributed by atoms with Crippen LogP contribution in [0.4, 0.5) is 17.1 Å². The number of hydrogen-bond acceptors (Lipinski definition) is 14. The van der Waals surface area contributed by atoms with E-state index in [2.05, 4.69) is 10.6 Å². The van der Waals surface area contributed by atoms with Crippen LogP contribution in [0.1, 0.15) is 120 Å². The molecule has 1 unspecified atom stereocenters. The Kier molecular flexibility index (Phi) is 17.5. The van der Waals surface area contributed by atoms with Crippen molar-refractivity contribution in [3.05, 3.63) is 131 Å². The van der Waals surface area contributed by atoms with Gasteiger partial charge in [0.15, 0.2) is 17.3 Å². The highest BCUT2D eigenvalue weighted by molar-refractivity contribution is 6.13. The fourth-order valence-corrected chi connectivity index (χ4v) is 10.3. The van der Waals surface area contributed by atoms with Crippen LogP contribution in [0.5, 0.6) is 17.2 Å². The molecule has 420 valence electrons. The second kappa shape index (κ2) is 25.0. The largest absolute Gasteiger partial charge is 0.493 e. The highest BCUT2D eigenvalue weighted by Gasteiger charge is 2.36. The van der Waals surface area contributed by atoms with Crippen LogP contribution in [-0.2, 0) is 28.7 Å². The summed E-state index contributed by atoms with van der Waals surface area (Å²) in [4.78, 5) is 117. The van der Waals surface area contributed by atoms with Gasteiger partial charge in [-0.05, 0) is 89.9 Å². The maximum atomic E-state index is 14.1. The number of imide groups is 1. The number of nitrogens with zero attached hydrogens (tertiary/aromatic N) is 5. The number of anilines is 1. The van der Waals surface area contributed by atoms with E-state index >= 15 is 0 Å². The molecule has 0 saturated carbocycles. The van der Waals surface area contributed by atoms with Crippen molar-refractivity contribution in [2.75, 3.05) is 39.3 Å². The van der Waals surface area contributed by atoms with Crippen molar-refractivity contribution in [3.8, 4) is 17.2 Å². The predicted octanol–water partition coefficient (Wildman–Crippen LogP) is 8.74. The number of nitrogens with one attached hydrogen (secondary N) is 2. The van der Waals surface area contributed by atoms with Gasteiger partial charge < -0.3 is 39.4 Å². The highest BCUT2D eigenvalue weighted by atomic mass is 16.5. The SMILES string of the molecule is COC(=O)c1ccc(C2=CN3C(=O)c4cc(C)c(OCCCOc5cc6c(cc5OC)C(=O)N5C=C(c7ccc(NC(=O)C(C)CC(=O)[C@@H](NC(=O)CCCCCN8C(=O)C=CC8=O)C(C)C)cc7)C[C@H]5C=N6)cc4N=C[C@@H]3C2)cc1. The lowest BCUT2D eigenvalue weighted by atomic mass is 9.92. The number of benzene rings is 4. The van der Waals surface area contributed by atoms with Crippen LogP contribution in [0.25, 0.3) is 11.1 Å². The Morgan fingerprint density at radius 3 is 1.83 bits per heavy atom. The lowest BCUT2D eigenvalue weighted by molar-refractivity contribution is -0.137.